The van der Waals surface area contributed by atoms with Crippen LogP contribution in [-0.4, -0.2) is 25.9 Å². The second-order valence-electron chi connectivity index (χ2n) is 4.53. The van der Waals surface area contributed by atoms with Gasteiger partial charge < -0.3 is 23.9 Å². The molecule has 0 radical (unpaired) electrons. The summed E-state index contributed by atoms with van der Waals surface area (Å²) in [5.41, 5.74) is 0. The molecule has 1 aromatic carbocycles. The van der Waals surface area contributed by atoms with Crippen LogP contribution in [0.25, 0.3) is 0 Å². The van der Waals surface area contributed by atoms with E-state index in [4.69, 9.17) is 18.6 Å². The van der Waals surface area contributed by atoms with Gasteiger partial charge in [0.05, 0.1) is 6.54 Å². The lowest BCUT2D eigenvalue weighted by Crippen LogP contribution is -2.27. The molecule has 0 unspecified atom stereocenters. The number of ether oxygens (including phenoxy) is 3. The van der Waals surface area contributed by atoms with E-state index in [-0.39, 0.29) is 12.7 Å². The molecule has 6 heteroatoms. The molecule has 1 N–H and O–H groups in total. The molecule has 1 aromatic heterocycles. The van der Waals surface area contributed by atoms with Crippen molar-refractivity contribution in [2.24, 2.45) is 0 Å². The SMILES string of the molecule is Cc1ccc(C(=O)NCCOc2ccc3c(c2)OCO3)o1. The Hall–Kier alpha value is -2.63. The van der Waals surface area contributed by atoms with Gasteiger partial charge in [0, 0.05) is 6.07 Å². The number of benzene rings is 1. The zero-order chi connectivity index (χ0) is 14.7. The lowest BCUT2D eigenvalue weighted by Gasteiger charge is -2.07. The average molecular weight is 289 g/mol. The number of carbonyl (C=O) groups is 1. The lowest BCUT2D eigenvalue weighted by molar-refractivity contribution is 0.0918. The summed E-state index contributed by atoms with van der Waals surface area (Å²) in [7, 11) is 0. The summed E-state index contributed by atoms with van der Waals surface area (Å²) < 4.78 is 21.2. The van der Waals surface area contributed by atoms with Crippen LogP contribution in [0, 0.1) is 6.92 Å². The minimum atomic E-state index is -0.252. The van der Waals surface area contributed by atoms with Crippen molar-refractivity contribution in [2.75, 3.05) is 19.9 Å². The smallest absolute Gasteiger partial charge is 0.287 e. The Bertz CT molecular complexity index is 649. The molecule has 0 saturated heterocycles. The summed E-state index contributed by atoms with van der Waals surface area (Å²) >= 11 is 0. The van der Waals surface area contributed by atoms with E-state index in [1.807, 2.05) is 0 Å². The van der Waals surface area contributed by atoms with Crippen LogP contribution >= 0.6 is 0 Å². The predicted molar refractivity (Wildman–Crippen MR) is 73.8 cm³/mol. The summed E-state index contributed by atoms with van der Waals surface area (Å²) in [6, 6.07) is 8.74. The first-order valence-corrected chi connectivity index (χ1v) is 6.59. The van der Waals surface area contributed by atoms with E-state index in [0.29, 0.717) is 41.9 Å². The first-order chi connectivity index (χ1) is 10.2. The molecule has 1 aliphatic rings. The number of aryl methyl sites for hydroxylation is 1. The van der Waals surface area contributed by atoms with Crippen molar-refractivity contribution in [3.05, 3.63) is 41.9 Å². The number of rotatable bonds is 5. The van der Waals surface area contributed by atoms with Crippen LogP contribution in [0.15, 0.2) is 34.7 Å². The molecule has 6 nitrogen and oxygen atoms in total. The quantitative estimate of drug-likeness (QED) is 0.854. The highest BCUT2D eigenvalue weighted by Gasteiger charge is 2.13. The number of carbonyl (C=O) groups excluding carboxylic acids is 1. The fraction of sp³-hybridized carbons (Fsp3) is 0.267. The van der Waals surface area contributed by atoms with Gasteiger partial charge in [-0.25, -0.2) is 0 Å². The molecule has 2 aromatic rings. The Morgan fingerprint density at radius 1 is 1.24 bits per heavy atom. The van der Waals surface area contributed by atoms with E-state index < -0.39 is 0 Å². The van der Waals surface area contributed by atoms with Crippen molar-refractivity contribution >= 4 is 5.91 Å². The molecule has 0 bridgehead atoms. The van der Waals surface area contributed by atoms with E-state index in [1.165, 1.54) is 0 Å². The van der Waals surface area contributed by atoms with Gasteiger partial charge in [0.1, 0.15) is 18.1 Å². The van der Waals surface area contributed by atoms with Gasteiger partial charge in [-0.15, -0.1) is 0 Å². The third-order valence-electron chi connectivity index (χ3n) is 2.96. The van der Waals surface area contributed by atoms with Crippen LogP contribution in [0.5, 0.6) is 17.2 Å². The highest BCUT2D eigenvalue weighted by atomic mass is 16.7. The lowest BCUT2D eigenvalue weighted by atomic mass is 10.3. The maximum atomic E-state index is 11.7. The van der Waals surface area contributed by atoms with Gasteiger partial charge in [0.25, 0.3) is 5.91 Å². The summed E-state index contributed by atoms with van der Waals surface area (Å²) in [6.45, 7) is 2.76. The van der Waals surface area contributed by atoms with Gasteiger partial charge in [-0.2, -0.15) is 0 Å². The second kappa shape index (κ2) is 5.78. The number of hydrogen-bond donors (Lipinski definition) is 1. The minimum Gasteiger partial charge on any atom is -0.492 e. The van der Waals surface area contributed by atoms with Crippen LogP contribution in [0.1, 0.15) is 16.3 Å². The maximum Gasteiger partial charge on any atom is 0.287 e. The van der Waals surface area contributed by atoms with Crippen molar-refractivity contribution < 1.29 is 23.4 Å². The second-order valence-corrected chi connectivity index (χ2v) is 4.53. The Balaban J connectivity index is 1.45. The summed E-state index contributed by atoms with van der Waals surface area (Å²) in [5, 5.41) is 2.72. The standard InChI is InChI=1S/C15H15NO5/c1-10-2-4-13(21-10)15(17)16-6-7-18-11-3-5-12-14(8-11)20-9-19-12/h2-5,8H,6-7,9H2,1H3,(H,16,17). The van der Waals surface area contributed by atoms with Crippen molar-refractivity contribution in [3.63, 3.8) is 0 Å². The van der Waals surface area contributed by atoms with Crippen molar-refractivity contribution in [1.29, 1.82) is 0 Å². The van der Waals surface area contributed by atoms with Gasteiger partial charge in [0.2, 0.25) is 6.79 Å². The number of fused-ring (bicyclic) bond motifs is 1. The highest BCUT2D eigenvalue weighted by molar-refractivity contribution is 5.91. The van der Waals surface area contributed by atoms with Crippen LogP contribution in [0.4, 0.5) is 0 Å². The van der Waals surface area contributed by atoms with Crippen LogP contribution in [-0.2, 0) is 0 Å². The molecule has 0 spiro atoms. The van der Waals surface area contributed by atoms with Gasteiger partial charge in [-0.05, 0) is 31.2 Å². The first-order valence-electron chi connectivity index (χ1n) is 6.59. The maximum absolute atomic E-state index is 11.7. The Morgan fingerprint density at radius 2 is 2.10 bits per heavy atom. The summed E-state index contributed by atoms with van der Waals surface area (Å²) in [5.74, 6) is 2.80. The molecule has 21 heavy (non-hydrogen) atoms. The molecule has 1 amide bonds. The zero-order valence-electron chi connectivity index (χ0n) is 11.5. The minimum absolute atomic E-state index is 0.234. The number of furan rings is 1. The van der Waals surface area contributed by atoms with Crippen LogP contribution in [0.2, 0.25) is 0 Å². The van der Waals surface area contributed by atoms with Gasteiger partial charge in [-0.3, -0.25) is 4.79 Å². The fourth-order valence-electron chi connectivity index (χ4n) is 1.94. The molecular weight excluding hydrogens is 274 g/mol. The molecule has 0 saturated carbocycles. The van der Waals surface area contributed by atoms with Gasteiger partial charge >= 0.3 is 0 Å². The first kappa shape index (κ1) is 13.4. The Kier molecular flexibility index (Phi) is 3.68. The molecule has 0 fully saturated rings. The van der Waals surface area contributed by atoms with Crippen molar-refractivity contribution in [3.8, 4) is 17.2 Å². The summed E-state index contributed by atoms with van der Waals surface area (Å²) in [4.78, 5) is 11.7. The third kappa shape index (κ3) is 3.10. The largest absolute Gasteiger partial charge is 0.492 e. The fourth-order valence-corrected chi connectivity index (χ4v) is 1.94. The normalized spacial score (nSPS) is 12.2. The van der Waals surface area contributed by atoms with Crippen molar-refractivity contribution in [1.82, 2.24) is 5.32 Å². The Morgan fingerprint density at radius 3 is 2.90 bits per heavy atom. The number of hydrogen-bond acceptors (Lipinski definition) is 5. The number of amides is 1. The monoisotopic (exact) mass is 289 g/mol. The molecule has 1 aliphatic heterocycles. The molecular formula is C15H15NO5. The topological polar surface area (TPSA) is 69.9 Å². The van der Waals surface area contributed by atoms with E-state index >= 15 is 0 Å². The molecule has 0 atom stereocenters. The predicted octanol–water partition coefficient (Wildman–Crippen LogP) is 2.13. The molecule has 110 valence electrons. The van der Waals surface area contributed by atoms with E-state index in [0.717, 1.165) is 0 Å². The molecule has 2 heterocycles. The van der Waals surface area contributed by atoms with Gasteiger partial charge in [-0.1, -0.05) is 0 Å². The van der Waals surface area contributed by atoms with Crippen molar-refractivity contribution in [2.45, 2.75) is 6.92 Å². The Labute approximate surface area is 121 Å². The van der Waals surface area contributed by atoms with E-state index in [9.17, 15) is 4.79 Å². The van der Waals surface area contributed by atoms with Crippen LogP contribution in [0.3, 0.4) is 0 Å². The van der Waals surface area contributed by atoms with Crippen LogP contribution < -0.4 is 19.5 Å². The average Bonchev–Trinajstić information content (AvgIpc) is 3.11. The van der Waals surface area contributed by atoms with E-state index in [2.05, 4.69) is 5.32 Å². The number of nitrogens with one attached hydrogen (secondary N) is 1. The van der Waals surface area contributed by atoms with Gasteiger partial charge in [0.15, 0.2) is 17.3 Å². The van der Waals surface area contributed by atoms with E-state index in [1.54, 1.807) is 37.3 Å². The molecule has 0 aliphatic carbocycles. The zero-order valence-corrected chi connectivity index (χ0v) is 11.5. The third-order valence-corrected chi connectivity index (χ3v) is 2.96. The highest BCUT2D eigenvalue weighted by Crippen LogP contribution is 2.34. The summed E-state index contributed by atoms with van der Waals surface area (Å²) in [6.07, 6.45) is 0. The molecule has 3 rings (SSSR count).